The van der Waals surface area contributed by atoms with E-state index in [1.807, 2.05) is 0 Å². The number of nitro groups is 1. The Morgan fingerprint density at radius 1 is 1.21 bits per heavy atom. The van der Waals surface area contributed by atoms with Gasteiger partial charge in [0.15, 0.2) is 5.69 Å². The molecule has 2 aromatic heterocycles. The van der Waals surface area contributed by atoms with Crippen molar-refractivity contribution in [3.8, 4) is 11.4 Å². The zero-order valence-corrected chi connectivity index (χ0v) is 21.0. The fourth-order valence-electron chi connectivity index (χ4n) is 3.43. The van der Waals surface area contributed by atoms with Crippen molar-refractivity contribution in [2.75, 3.05) is 11.9 Å². The maximum absolute atomic E-state index is 13.4. The molecule has 4 aromatic rings. The lowest BCUT2D eigenvalue weighted by Crippen LogP contribution is -2.25. The van der Waals surface area contributed by atoms with E-state index >= 15 is 0 Å². The van der Waals surface area contributed by atoms with E-state index in [0.717, 1.165) is 46.4 Å². The van der Waals surface area contributed by atoms with Crippen molar-refractivity contribution in [2.45, 2.75) is 13.3 Å². The predicted molar refractivity (Wildman–Crippen MR) is 134 cm³/mol. The number of carbonyl (C=O) groups excluding carboxylic acids is 2. The number of anilines is 1. The van der Waals surface area contributed by atoms with Crippen LogP contribution in [0.25, 0.3) is 16.5 Å². The maximum atomic E-state index is 13.4. The number of nitrogens with zero attached hydrogens (tertiary/aromatic N) is 3. The average Bonchev–Trinajstić information content (AvgIpc) is 3.28. The molecule has 0 atom stereocenters. The monoisotopic (exact) mass is 582 g/mol. The number of esters is 1. The molecular weight excluding hydrogens is 569 g/mol. The molecule has 0 saturated carbocycles. The quantitative estimate of drug-likeness (QED) is 0.175. The van der Waals surface area contributed by atoms with Gasteiger partial charge in [-0.25, -0.2) is 4.79 Å². The van der Waals surface area contributed by atoms with E-state index in [9.17, 15) is 37.7 Å². The molecule has 0 radical (unpaired) electrons. The summed E-state index contributed by atoms with van der Waals surface area (Å²) in [5, 5.41) is 18.8. The van der Waals surface area contributed by atoms with Gasteiger partial charge in [0.25, 0.3) is 17.2 Å². The molecule has 0 saturated heterocycles. The Morgan fingerprint density at radius 3 is 2.51 bits per heavy atom. The molecule has 0 spiro atoms. The molecule has 0 aliphatic heterocycles. The minimum absolute atomic E-state index is 0.0150. The first-order valence-corrected chi connectivity index (χ1v) is 12.0. The summed E-state index contributed by atoms with van der Waals surface area (Å²) in [6.45, 7) is 1.53. The van der Waals surface area contributed by atoms with Crippen LogP contribution in [0.1, 0.15) is 27.8 Å². The normalized spacial score (nSPS) is 11.3. The minimum Gasteiger partial charge on any atom is -0.461 e. The van der Waals surface area contributed by atoms with Crippen molar-refractivity contribution in [1.29, 1.82) is 0 Å². The number of nitro benzene ring substituents is 1. The van der Waals surface area contributed by atoms with E-state index in [0.29, 0.717) is 0 Å². The van der Waals surface area contributed by atoms with E-state index < -0.39 is 40.2 Å². The van der Waals surface area contributed by atoms with Gasteiger partial charge in [0, 0.05) is 22.4 Å². The molecule has 4 rings (SSSR count). The number of amides is 1. The standard InChI is InChI=1S/C23H14ClF3N4O7S/c1-2-37-22(34)18-14-10-39-20(28-19(32)11-3-8-15(24)16(9-11)31(35)36)17(14)21(33)30(29-18)12-4-6-13(7-5-12)38-23(25,26)27/h3-10H,2H2,1H3,(H,28,32). The number of ether oxygens (including phenoxy) is 2. The van der Waals surface area contributed by atoms with Gasteiger partial charge in [0.05, 0.1) is 22.6 Å². The van der Waals surface area contributed by atoms with Crippen LogP contribution in [0.3, 0.4) is 0 Å². The second-order valence-corrected chi connectivity index (χ2v) is 8.85. The lowest BCUT2D eigenvalue weighted by Gasteiger charge is -2.12. The summed E-state index contributed by atoms with van der Waals surface area (Å²) >= 11 is 6.68. The van der Waals surface area contributed by atoms with E-state index in [1.54, 1.807) is 6.92 Å². The summed E-state index contributed by atoms with van der Waals surface area (Å²) < 4.78 is 47.2. The summed E-state index contributed by atoms with van der Waals surface area (Å²) in [5.41, 5.74) is -1.76. The van der Waals surface area contributed by atoms with Gasteiger partial charge in [0.2, 0.25) is 0 Å². The molecular formula is C23H14ClF3N4O7S. The fraction of sp³-hybridized carbons (Fsp3) is 0.130. The van der Waals surface area contributed by atoms with Gasteiger partial charge in [-0.15, -0.1) is 24.5 Å². The molecule has 11 nitrogen and oxygen atoms in total. The van der Waals surface area contributed by atoms with Gasteiger partial charge in [0.1, 0.15) is 15.8 Å². The number of aromatic nitrogens is 2. The van der Waals surface area contributed by atoms with Crippen LogP contribution >= 0.6 is 22.9 Å². The van der Waals surface area contributed by atoms with E-state index in [2.05, 4.69) is 15.2 Å². The molecule has 2 heterocycles. The lowest BCUT2D eigenvalue weighted by molar-refractivity contribution is -0.384. The molecule has 0 unspecified atom stereocenters. The van der Waals surface area contributed by atoms with Gasteiger partial charge < -0.3 is 14.8 Å². The van der Waals surface area contributed by atoms with Crippen molar-refractivity contribution in [1.82, 2.24) is 9.78 Å². The second-order valence-electron chi connectivity index (χ2n) is 7.56. The Kier molecular flexibility index (Phi) is 7.56. The first kappa shape index (κ1) is 27.5. The number of benzene rings is 2. The third-order valence-electron chi connectivity index (χ3n) is 5.07. The van der Waals surface area contributed by atoms with Crippen LogP contribution in [0.4, 0.5) is 23.9 Å². The van der Waals surface area contributed by atoms with Gasteiger partial charge in [-0.1, -0.05) is 11.6 Å². The van der Waals surface area contributed by atoms with Crippen LogP contribution in [0.15, 0.2) is 52.6 Å². The number of nitrogens with one attached hydrogen (secondary N) is 1. The number of hydrogen-bond acceptors (Lipinski definition) is 9. The summed E-state index contributed by atoms with van der Waals surface area (Å²) in [4.78, 5) is 49.4. The van der Waals surface area contributed by atoms with Crippen LogP contribution in [0, 0.1) is 10.1 Å². The van der Waals surface area contributed by atoms with E-state index in [-0.39, 0.29) is 44.3 Å². The predicted octanol–water partition coefficient (Wildman–Crippen LogP) is 5.34. The van der Waals surface area contributed by atoms with Crippen LogP contribution in [-0.2, 0) is 4.74 Å². The molecule has 1 amide bonds. The SMILES string of the molecule is CCOC(=O)c1nn(-c2ccc(OC(F)(F)F)cc2)c(=O)c2c(NC(=O)c3ccc(Cl)c([N+](=O)[O-])c3)scc12. The third-order valence-corrected chi connectivity index (χ3v) is 6.28. The minimum atomic E-state index is -4.93. The Morgan fingerprint density at radius 2 is 1.90 bits per heavy atom. The molecule has 16 heteroatoms. The molecule has 0 bridgehead atoms. The Balaban J connectivity index is 1.81. The number of rotatable bonds is 7. The number of hydrogen-bond donors (Lipinski definition) is 1. The summed E-state index contributed by atoms with van der Waals surface area (Å²) in [5.74, 6) is -2.25. The first-order chi connectivity index (χ1) is 18.4. The number of thiophene rings is 1. The fourth-order valence-corrected chi connectivity index (χ4v) is 4.54. The number of halogens is 4. The Labute approximate surface area is 224 Å². The second kappa shape index (κ2) is 10.7. The zero-order chi connectivity index (χ0) is 28.5. The number of carbonyl (C=O) groups is 2. The van der Waals surface area contributed by atoms with E-state index in [4.69, 9.17) is 16.3 Å². The summed E-state index contributed by atoms with van der Waals surface area (Å²) in [6, 6.07) is 7.52. The summed E-state index contributed by atoms with van der Waals surface area (Å²) in [7, 11) is 0. The van der Waals surface area contributed by atoms with Gasteiger partial charge in [-0.3, -0.25) is 19.7 Å². The molecule has 1 N–H and O–H groups in total. The smallest absolute Gasteiger partial charge is 0.461 e. The van der Waals surface area contributed by atoms with Crippen LogP contribution in [-0.4, -0.2) is 39.5 Å². The average molecular weight is 583 g/mol. The topological polar surface area (TPSA) is 143 Å². The maximum Gasteiger partial charge on any atom is 0.573 e. The Hall–Kier alpha value is -4.50. The van der Waals surface area contributed by atoms with Crippen molar-refractivity contribution in [3.63, 3.8) is 0 Å². The molecule has 0 fully saturated rings. The van der Waals surface area contributed by atoms with Crippen molar-refractivity contribution >= 4 is 56.3 Å². The molecule has 0 aliphatic carbocycles. The molecule has 202 valence electrons. The zero-order valence-electron chi connectivity index (χ0n) is 19.4. The van der Waals surface area contributed by atoms with Crippen molar-refractivity contribution in [2.24, 2.45) is 0 Å². The lowest BCUT2D eigenvalue weighted by atomic mass is 10.2. The summed E-state index contributed by atoms with van der Waals surface area (Å²) in [6.07, 6.45) is -4.93. The van der Waals surface area contributed by atoms with Gasteiger partial charge in [-0.2, -0.15) is 9.78 Å². The highest BCUT2D eigenvalue weighted by Crippen LogP contribution is 2.32. The highest BCUT2D eigenvalue weighted by atomic mass is 35.5. The molecule has 39 heavy (non-hydrogen) atoms. The number of alkyl halides is 3. The largest absolute Gasteiger partial charge is 0.573 e. The number of fused-ring (bicyclic) bond motifs is 1. The van der Waals surface area contributed by atoms with Gasteiger partial charge in [-0.05, 0) is 43.3 Å². The van der Waals surface area contributed by atoms with Crippen LogP contribution in [0.5, 0.6) is 5.75 Å². The molecule has 0 aliphatic rings. The highest BCUT2D eigenvalue weighted by molar-refractivity contribution is 7.16. The van der Waals surface area contributed by atoms with Gasteiger partial charge >= 0.3 is 12.3 Å². The highest BCUT2D eigenvalue weighted by Gasteiger charge is 2.31. The Bertz CT molecular complexity index is 1670. The van der Waals surface area contributed by atoms with E-state index in [1.165, 1.54) is 17.5 Å². The third kappa shape index (κ3) is 5.83. The van der Waals surface area contributed by atoms with Crippen LogP contribution < -0.4 is 15.6 Å². The van der Waals surface area contributed by atoms with Crippen molar-refractivity contribution < 1.29 is 37.2 Å². The van der Waals surface area contributed by atoms with Crippen molar-refractivity contribution in [3.05, 3.63) is 84.6 Å². The first-order valence-electron chi connectivity index (χ1n) is 10.7. The van der Waals surface area contributed by atoms with Crippen LogP contribution in [0.2, 0.25) is 5.02 Å². The molecule has 2 aromatic carbocycles.